The van der Waals surface area contributed by atoms with Gasteiger partial charge in [0.1, 0.15) is 5.82 Å². The van der Waals surface area contributed by atoms with Crippen LogP contribution in [0.4, 0.5) is 5.82 Å². The number of hydrogen-bond donors (Lipinski definition) is 3. The summed E-state index contributed by atoms with van der Waals surface area (Å²) in [5.74, 6) is 1.15. The quantitative estimate of drug-likeness (QED) is 0.637. The molecule has 2 aliphatic rings. The molecule has 2 fully saturated rings. The zero-order valence-electron chi connectivity index (χ0n) is 17.9. The molecule has 164 valence electrons. The van der Waals surface area contributed by atoms with E-state index in [9.17, 15) is 14.4 Å². The molecule has 0 aromatic carbocycles. The predicted octanol–water partition coefficient (Wildman–Crippen LogP) is 3.30. The van der Waals surface area contributed by atoms with E-state index in [-0.39, 0.29) is 29.7 Å². The van der Waals surface area contributed by atoms with Crippen LogP contribution in [0.3, 0.4) is 0 Å². The van der Waals surface area contributed by atoms with Crippen molar-refractivity contribution in [2.45, 2.75) is 83.7 Å². The molecule has 1 aromatic heterocycles. The van der Waals surface area contributed by atoms with Crippen molar-refractivity contribution in [1.82, 2.24) is 15.6 Å². The lowest BCUT2D eigenvalue weighted by molar-refractivity contribution is -0.126. The average Bonchev–Trinajstić information content (AvgIpc) is 2.74. The summed E-state index contributed by atoms with van der Waals surface area (Å²) in [6, 6.07) is 3.78. The Morgan fingerprint density at radius 2 is 1.73 bits per heavy atom. The molecule has 2 aliphatic carbocycles. The van der Waals surface area contributed by atoms with Crippen LogP contribution in [0.15, 0.2) is 18.3 Å². The van der Waals surface area contributed by atoms with Crippen LogP contribution >= 0.6 is 0 Å². The van der Waals surface area contributed by atoms with Gasteiger partial charge in [0.25, 0.3) is 0 Å². The van der Waals surface area contributed by atoms with Gasteiger partial charge in [-0.3, -0.25) is 14.4 Å². The Morgan fingerprint density at radius 1 is 1.00 bits per heavy atom. The van der Waals surface area contributed by atoms with Crippen LogP contribution in [0.1, 0.15) is 76.7 Å². The van der Waals surface area contributed by atoms with Gasteiger partial charge in [-0.25, -0.2) is 4.98 Å². The van der Waals surface area contributed by atoms with Crippen molar-refractivity contribution in [3.05, 3.63) is 23.9 Å². The van der Waals surface area contributed by atoms with Crippen molar-refractivity contribution in [1.29, 1.82) is 0 Å². The third-order valence-electron chi connectivity index (χ3n) is 6.26. The van der Waals surface area contributed by atoms with Gasteiger partial charge in [0.15, 0.2) is 0 Å². The van der Waals surface area contributed by atoms with Gasteiger partial charge in [0, 0.05) is 38.0 Å². The monoisotopic (exact) mass is 414 g/mol. The molecule has 7 nitrogen and oxygen atoms in total. The van der Waals surface area contributed by atoms with E-state index in [2.05, 4.69) is 20.9 Å². The third kappa shape index (κ3) is 7.11. The molecule has 30 heavy (non-hydrogen) atoms. The second-order valence-corrected chi connectivity index (χ2v) is 8.77. The fraction of sp³-hybridized carbons (Fsp3) is 0.652. The Hall–Kier alpha value is -2.44. The van der Waals surface area contributed by atoms with Crippen molar-refractivity contribution >= 4 is 23.5 Å². The Labute approximate surface area is 178 Å². The van der Waals surface area contributed by atoms with E-state index < -0.39 is 0 Å². The van der Waals surface area contributed by atoms with Gasteiger partial charge in [-0.1, -0.05) is 25.3 Å². The summed E-state index contributed by atoms with van der Waals surface area (Å²) in [5.41, 5.74) is 0.890. The summed E-state index contributed by atoms with van der Waals surface area (Å²) in [4.78, 5) is 40.0. The molecule has 0 unspecified atom stereocenters. The largest absolute Gasteiger partial charge is 0.353 e. The van der Waals surface area contributed by atoms with Crippen LogP contribution in [0.2, 0.25) is 0 Å². The van der Waals surface area contributed by atoms with Crippen LogP contribution in [-0.2, 0) is 20.9 Å². The molecule has 1 aromatic rings. The molecular weight excluding hydrogens is 380 g/mol. The van der Waals surface area contributed by atoms with E-state index in [4.69, 9.17) is 0 Å². The molecule has 0 bridgehead atoms. The molecule has 0 spiro atoms. The Morgan fingerprint density at radius 3 is 2.37 bits per heavy atom. The summed E-state index contributed by atoms with van der Waals surface area (Å²) in [7, 11) is 0. The highest BCUT2D eigenvalue weighted by Gasteiger charge is 2.27. The molecule has 3 amide bonds. The number of carbonyl (C=O) groups excluding carboxylic acids is 3. The van der Waals surface area contributed by atoms with Crippen LogP contribution in [0.25, 0.3) is 0 Å². The van der Waals surface area contributed by atoms with Gasteiger partial charge in [-0.05, 0) is 56.1 Å². The maximum atomic E-state index is 12.5. The third-order valence-corrected chi connectivity index (χ3v) is 6.26. The van der Waals surface area contributed by atoms with Gasteiger partial charge in [-0.15, -0.1) is 0 Å². The predicted molar refractivity (Wildman–Crippen MR) is 115 cm³/mol. The molecule has 3 N–H and O–H groups in total. The SMILES string of the molecule is CC(=O)Nc1ccc(CNC(=O)C2CCC(NC(=O)CC3CCCCC3)CC2)cn1. The van der Waals surface area contributed by atoms with E-state index in [1.807, 2.05) is 6.07 Å². The Bertz CT molecular complexity index is 720. The van der Waals surface area contributed by atoms with Gasteiger partial charge in [0.2, 0.25) is 17.7 Å². The summed E-state index contributed by atoms with van der Waals surface area (Å²) < 4.78 is 0. The number of aromatic nitrogens is 1. The van der Waals surface area contributed by atoms with Crippen molar-refractivity contribution in [2.75, 3.05) is 5.32 Å². The van der Waals surface area contributed by atoms with Crippen molar-refractivity contribution in [3.63, 3.8) is 0 Å². The van der Waals surface area contributed by atoms with Crippen molar-refractivity contribution in [3.8, 4) is 0 Å². The average molecular weight is 415 g/mol. The molecule has 0 aliphatic heterocycles. The maximum Gasteiger partial charge on any atom is 0.223 e. The van der Waals surface area contributed by atoms with Gasteiger partial charge in [0.05, 0.1) is 0 Å². The lowest BCUT2D eigenvalue weighted by Gasteiger charge is -2.29. The van der Waals surface area contributed by atoms with Crippen molar-refractivity contribution < 1.29 is 14.4 Å². The topological polar surface area (TPSA) is 100 Å². The number of pyridine rings is 1. The summed E-state index contributed by atoms with van der Waals surface area (Å²) in [5, 5.41) is 8.80. The molecule has 1 heterocycles. The first-order valence-electron chi connectivity index (χ1n) is 11.3. The van der Waals surface area contributed by atoms with E-state index in [1.165, 1.54) is 39.0 Å². The zero-order chi connectivity index (χ0) is 21.3. The second-order valence-electron chi connectivity index (χ2n) is 8.77. The number of rotatable bonds is 7. The normalized spacial score (nSPS) is 22.2. The smallest absolute Gasteiger partial charge is 0.223 e. The Balaban J connectivity index is 1.34. The van der Waals surface area contributed by atoms with Crippen LogP contribution < -0.4 is 16.0 Å². The summed E-state index contributed by atoms with van der Waals surface area (Å²) >= 11 is 0. The van der Waals surface area contributed by atoms with Gasteiger partial charge < -0.3 is 16.0 Å². The highest BCUT2D eigenvalue weighted by molar-refractivity contribution is 5.87. The molecule has 2 saturated carbocycles. The first kappa shape index (κ1) is 22.2. The number of hydrogen-bond acceptors (Lipinski definition) is 4. The van der Waals surface area contributed by atoms with E-state index in [1.54, 1.807) is 12.3 Å². The number of nitrogens with one attached hydrogen (secondary N) is 3. The number of nitrogens with zero attached hydrogens (tertiary/aromatic N) is 1. The molecular formula is C23H34N4O3. The number of amides is 3. The van der Waals surface area contributed by atoms with Gasteiger partial charge >= 0.3 is 0 Å². The number of carbonyl (C=O) groups is 3. The highest BCUT2D eigenvalue weighted by Crippen LogP contribution is 2.27. The summed E-state index contributed by atoms with van der Waals surface area (Å²) in [6.07, 6.45) is 11.9. The lowest BCUT2D eigenvalue weighted by Crippen LogP contribution is -2.41. The first-order valence-corrected chi connectivity index (χ1v) is 11.3. The van der Waals surface area contributed by atoms with E-state index in [0.717, 1.165) is 31.2 Å². The Kier molecular flexibility index (Phi) is 8.22. The minimum absolute atomic E-state index is 0.00288. The molecule has 0 radical (unpaired) electrons. The fourth-order valence-electron chi connectivity index (χ4n) is 4.56. The molecule has 0 atom stereocenters. The standard InChI is InChI=1S/C23H34N4O3/c1-16(28)26-21-12-7-18(14-24-21)15-25-23(30)19-8-10-20(11-9-19)27-22(29)13-17-5-3-2-4-6-17/h7,12,14,17,19-20H,2-6,8-11,13,15H2,1H3,(H,25,30)(H,27,29)(H,24,26,28). The van der Waals surface area contributed by atoms with Gasteiger partial charge in [-0.2, -0.15) is 0 Å². The fourth-order valence-corrected chi connectivity index (χ4v) is 4.56. The van der Waals surface area contributed by atoms with Crippen LogP contribution in [-0.4, -0.2) is 28.7 Å². The van der Waals surface area contributed by atoms with Crippen molar-refractivity contribution in [2.24, 2.45) is 11.8 Å². The lowest BCUT2D eigenvalue weighted by atomic mass is 9.84. The maximum absolute atomic E-state index is 12.5. The molecule has 3 rings (SSSR count). The van der Waals surface area contributed by atoms with Crippen LogP contribution in [0, 0.1) is 11.8 Å². The first-order chi connectivity index (χ1) is 14.5. The number of anilines is 1. The molecule has 7 heteroatoms. The zero-order valence-corrected chi connectivity index (χ0v) is 17.9. The summed E-state index contributed by atoms with van der Waals surface area (Å²) in [6.45, 7) is 1.86. The highest BCUT2D eigenvalue weighted by atomic mass is 16.2. The minimum atomic E-state index is -0.163. The second kappa shape index (κ2) is 11.1. The minimum Gasteiger partial charge on any atom is -0.353 e. The van der Waals surface area contributed by atoms with Crippen LogP contribution in [0.5, 0.6) is 0 Å². The molecule has 0 saturated heterocycles. The van der Waals surface area contributed by atoms with E-state index in [0.29, 0.717) is 24.7 Å². The van der Waals surface area contributed by atoms with E-state index >= 15 is 0 Å².